The van der Waals surface area contributed by atoms with E-state index in [1.807, 2.05) is 19.1 Å². The Hall–Kier alpha value is -1.39. The molecule has 20 heavy (non-hydrogen) atoms. The molecule has 0 N–H and O–H groups in total. The number of nitrogens with zero attached hydrogens (tertiary/aromatic N) is 1. The van der Waals surface area contributed by atoms with E-state index in [2.05, 4.69) is 4.90 Å². The van der Waals surface area contributed by atoms with Crippen LogP contribution in [0.2, 0.25) is 0 Å². The Morgan fingerprint density at radius 2 is 2.30 bits per heavy atom. The van der Waals surface area contributed by atoms with Gasteiger partial charge in [0.15, 0.2) is 0 Å². The molecule has 1 aromatic rings. The second kappa shape index (κ2) is 7.41. The van der Waals surface area contributed by atoms with E-state index in [4.69, 9.17) is 9.47 Å². The summed E-state index contributed by atoms with van der Waals surface area (Å²) < 4.78 is 11.1. The molecule has 1 aliphatic heterocycles. The van der Waals surface area contributed by atoms with Crippen LogP contribution in [0.25, 0.3) is 0 Å². The molecule has 0 aromatic heterocycles. The van der Waals surface area contributed by atoms with E-state index < -0.39 is 0 Å². The standard InChI is InChI=1S/C16H23NO3/c1-3-20-15-5-4-8-17(11-15)10-14-9-13(12-18)6-7-16(14)19-2/h6-7,9,12,15H,3-5,8,10-11H2,1-2H3. The van der Waals surface area contributed by atoms with Crippen molar-refractivity contribution in [2.45, 2.75) is 32.4 Å². The summed E-state index contributed by atoms with van der Waals surface area (Å²) in [6.45, 7) is 5.62. The van der Waals surface area contributed by atoms with Crippen LogP contribution < -0.4 is 4.74 Å². The summed E-state index contributed by atoms with van der Waals surface area (Å²) in [5.74, 6) is 0.842. The number of carbonyl (C=O) groups is 1. The minimum Gasteiger partial charge on any atom is -0.496 e. The molecule has 110 valence electrons. The summed E-state index contributed by atoms with van der Waals surface area (Å²) in [5, 5.41) is 0. The van der Waals surface area contributed by atoms with Crippen molar-refractivity contribution in [3.63, 3.8) is 0 Å². The zero-order valence-corrected chi connectivity index (χ0v) is 12.3. The number of carbonyl (C=O) groups excluding carboxylic acids is 1. The number of rotatable bonds is 6. The fraction of sp³-hybridized carbons (Fsp3) is 0.562. The van der Waals surface area contributed by atoms with Gasteiger partial charge >= 0.3 is 0 Å². The molecule has 0 saturated carbocycles. The van der Waals surface area contributed by atoms with E-state index in [9.17, 15) is 4.79 Å². The summed E-state index contributed by atoms with van der Waals surface area (Å²) in [4.78, 5) is 13.3. The van der Waals surface area contributed by atoms with Crippen molar-refractivity contribution in [2.24, 2.45) is 0 Å². The van der Waals surface area contributed by atoms with Gasteiger partial charge in [0.2, 0.25) is 0 Å². The molecule has 0 amide bonds. The molecule has 1 unspecified atom stereocenters. The first-order valence-electron chi connectivity index (χ1n) is 7.23. The fourth-order valence-electron chi connectivity index (χ4n) is 2.76. The summed E-state index contributed by atoms with van der Waals surface area (Å²) in [6, 6.07) is 5.56. The number of hydrogen-bond acceptors (Lipinski definition) is 4. The Morgan fingerprint density at radius 1 is 1.45 bits per heavy atom. The topological polar surface area (TPSA) is 38.8 Å². The van der Waals surface area contributed by atoms with Crippen molar-refractivity contribution < 1.29 is 14.3 Å². The van der Waals surface area contributed by atoms with E-state index in [1.165, 1.54) is 0 Å². The van der Waals surface area contributed by atoms with Gasteiger partial charge in [-0.15, -0.1) is 0 Å². The van der Waals surface area contributed by atoms with Crippen LogP contribution in [-0.4, -0.2) is 44.1 Å². The molecule has 1 fully saturated rings. The third-order valence-electron chi connectivity index (χ3n) is 3.70. The molecule has 1 heterocycles. The molecular weight excluding hydrogens is 254 g/mol. The predicted octanol–water partition coefficient (Wildman–Crippen LogP) is 2.51. The van der Waals surface area contributed by atoms with Crippen LogP contribution in [0.15, 0.2) is 18.2 Å². The minimum absolute atomic E-state index is 0.328. The number of aldehydes is 1. The SMILES string of the molecule is CCOC1CCCN(Cc2cc(C=O)ccc2OC)C1. The van der Waals surface area contributed by atoms with E-state index in [0.29, 0.717) is 11.7 Å². The average molecular weight is 277 g/mol. The third kappa shape index (κ3) is 3.81. The normalized spacial score (nSPS) is 19.8. The molecule has 4 heteroatoms. The first-order chi connectivity index (χ1) is 9.76. The number of likely N-dealkylation sites (tertiary alicyclic amines) is 1. The van der Waals surface area contributed by atoms with E-state index in [-0.39, 0.29) is 0 Å². The Balaban J connectivity index is 2.06. The van der Waals surface area contributed by atoms with Gasteiger partial charge in [-0.25, -0.2) is 0 Å². The number of piperidine rings is 1. The summed E-state index contributed by atoms with van der Waals surface area (Å²) in [5.41, 5.74) is 1.76. The summed E-state index contributed by atoms with van der Waals surface area (Å²) in [7, 11) is 1.67. The second-order valence-electron chi connectivity index (χ2n) is 5.14. The maximum atomic E-state index is 10.9. The van der Waals surface area contributed by atoms with Crippen LogP contribution in [0.5, 0.6) is 5.75 Å². The Kier molecular flexibility index (Phi) is 5.56. The van der Waals surface area contributed by atoms with Crippen LogP contribution in [0, 0.1) is 0 Å². The highest BCUT2D eigenvalue weighted by Crippen LogP contribution is 2.23. The van der Waals surface area contributed by atoms with Crippen LogP contribution in [0.3, 0.4) is 0 Å². The summed E-state index contributed by atoms with van der Waals surface area (Å²) >= 11 is 0. The Morgan fingerprint density at radius 3 is 3.00 bits per heavy atom. The highest BCUT2D eigenvalue weighted by atomic mass is 16.5. The van der Waals surface area contributed by atoms with Crippen molar-refractivity contribution >= 4 is 6.29 Å². The second-order valence-corrected chi connectivity index (χ2v) is 5.14. The molecule has 0 radical (unpaired) electrons. The molecule has 2 rings (SSSR count). The molecule has 0 spiro atoms. The van der Waals surface area contributed by atoms with Crippen molar-refractivity contribution in [1.82, 2.24) is 4.90 Å². The van der Waals surface area contributed by atoms with Gasteiger partial charge in [-0.05, 0) is 44.5 Å². The third-order valence-corrected chi connectivity index (χ3v) is 3.70. The van der Waals surface area contributed by atoms with E-state index in [0.717, 1.165) is 56.7 Å². The van der Waals surface area contributed by atoms with Gasteiger partial charge in [0.25, 0.3) is 0 Å². The van der Waals surface area contributed by atoms with Gasteiger partial charge in [-0.1, -0.05) is 0 Å². The monoisotopic (exact) mass is 277 g/mol. The van der Waals surface area contributed by atoms with Gasteiger partial charge in [0.05, 0.1) is 13.2 Å². The maximum absolute atomic E-state index is 10.9. The quantitative estimate of drug-likeness (QED) is 0.749. The van der Waals surface area contributed by atoms with Crippen LogP contribution in [0.1, 0.15) is 35.7 Å². The first kappa shape index (κ1) is 15.0. The zero-order valence-electron chi connectivity index (χ0n) is 12.3. The molecule has 1 saturated heterocycles. The van der Waals surface area contributed by atoms with E-state index >= 15 is 0 Å². The maximum Gasteiger partial charge on any atom is 0.150 e. The van der Waals surface area contributed by atoms with Crippen molar-refractivity contribution in [3.05, 3.63) is 29.3 Å². The molecule has 0 aliphatic carbocycles. The molecule has 1 aromatic carbocycles. The number of ether oxygens (including phenoxy) is 2. The lowest BCUT2D eigenvalue weighted by atomic mass is 10.1. The van der Waals surface area contributed by atoms with Crippen molar-refractivity contribution in [1.29, 1.82) is 0 Å². The molecule has 1 aliphatic rings. The predicted molar refractivity (Wildman–Crippen MR) is 78.3 cm³/mol. The van der Waals surface area contributed by atoms with Gasteiger partial charge in [0, 0.05) is 30.8 Å². The van der Waals surface area contributed by atoms with Crippen molar-refractivity contribution in [2.75, 3.05) is 26.8 Å². The molecule has 0 bridgehead atoms. The lowest BCUT2D eigenvalue weighted by molar-refractivity contribution is 0.00346. The smallest absolute Gasteiger partial charge is 0.150 e. The van der Waals surface area contributed by atoms with E-state index in [1.54, 1.807) is 13.2 Å². The molecule has 1 atom stereocenters. The van der Waals surface area contributed by atoms with Crippen LogP contribution in [0.4, 0.5) is 0 Å². The fourth-order valence-corrected chi connectivity index (χ4v) is 2.76. The highest BCUT2D eigenvalue weighted by Gasteiger charge is 2.21. The Labute approximate surface area is 120 Å². The molecular formula is C16H23NO3. The number of hydrogen-bond donors (Lipinski definition) is 0. The summed E-state index contributed by atoms with van der Waals surface area (Å²) in [6.07, 6.45) is 3.49. The number of methoxy groups -OCH3 is 1. The van der Waals surface area contributed by atoms with Gasteiger partial charge in [-0.2, -0.15) is 0 Å². The van der Waals surface area contributed by atoms with Crippen LogP contribution >= 0.6 is 0 Å². The lowest BCUT2D eigenvalue weighted by Crippen LogP contribution is -2.39. The van der Waals surface area contributed by atoms with Crippen molar-refractivity contribution in [3.8, 4) is 5.75 Å². The van der Waals surface area contributed by atoms with Gasteiger partial charge in [0.1, 0.15) is 12.0 Å². The van der Waals surface area contributed by atoms with Crippen LogP contribution in [-0.2, 0) is 11.3 Å². The van der Waals surface area contributed by atoms with Gasteiger partial charge in [-0.3, -0.25) is 9.69 Å². The number of benzene rings is 1. The lowest BCUT2D eigenvalue weighted by Gasteiger charge is -2.32. The Bertz CT molecular complexity index is 445. The first-order valence-corrected chi connectivity index (χ1v) is 7.23. The largest absolute Gasteiger partial charge is 0.496 e. The minimum atomic E-state index is 0.328. The van der Waals surface area contributed by atoms with Gasteiger partial charge < -0.3 is 9.47 Å². The zero-order chi connectivity index (χ0) is 14.4. The highest BCUT2D eigenvalue weighted by molar-refractivity contribution is 5.75. The average Bonchev–Trinajstić information content (AvgIpc) is 2.48. The molecule has 4 nitrogen and oxygen atoms in total.